The molecule has 0 aliphatic rings. The van der Waals surface area contributed by atoms with Crippen molar-refractivity contribution in [3.63, 3.8) is 0 Å². The van der Waals surface area contributed by atoms with Crippen LogP contribution in [0.1, 0.15) is 13.8 Å². The van der Waals surface area contributed by atoms with Gasteiger partial charge in [0.15, 0.2) is 0 Å². The van der Waals surface area contributed by atoms with Crippen molar-refractivity contribution in [3.8, 4) is 5.75 Å². The number of nitrogens with zero attached hydrogens (tertiary/aromatic N) is 1. The van der Waals surface area contributed by atoms with Crippen LogP contribution in [0, 0.1) is 5.92 Å². The van der Waals surface area contributed by atoms with Gasteiger partial charge in [0.25, 0.3) is 0 Å². The van der Waals surface area contributed by atoms with Crippen LogP contribution in [-0.2, 0) is 11.3 Å². The molecule has 0 bridgehead atoms. The van der Waals surface area contributed by atoms with Crippen molar-refractivity contribution in [2.45, 2.75) is 20.4 Å². The first-order valence-electron chi connectivity index (χ1n) is 6.42. The average molecular weight is 247 g/mol. The maximum Gasteiger partial charge on any atom is 0.128 e. The molecule has 0 N–H and O–H groups in total. The van der Waals surface area contributed by atoms with E-state index in [0.29, 0.717) is 5.92 Å². The van der Waals surface area contributed by atoms with Crippen LogP contribution in [0.3, 0.4) is 0 Å². The van der Waals surface area contributed by atoms with Crippen LogP contribution in [0.2, 0.25) is 0 Å². The maximum absolute atomic E-state index is 5.62. The van der Waals surface area contributed by atoms with E-state index in [-0.39, 0.29) is 0 Å². The summed E-state index contributed by atoms with van der Waals surface area (Å²) in [5.74, 6) is 1.51. The molecule has 98 valence electrons. The Labute approximate surface area is 108 Å². The second kappa shape index (κ2) is 5.91. The number of aromatic nitrogens is 1. The van der Waals surface area contributed by atoms with E-state index in [1.54, 1.807) is 7.11 Å². The van der Waals surface area contributed by atoms with Crippen LogP contribution >= 0.6 is 0 Å². The highest BCUT2D eigenvalue weighted by atomic mass is 16.5. The van der Waals surface area contributed by atoms with Gasteiger partial charge in [0.2, 0.25) is 0 Å². The van der Waals surface area contributed by atoms with Crippen molar-refractivity contribution in [3.05, 3.63) is 30.5 Å². The molecule has 1 aromatic carbocycles. The molecular weight excluding hydrogens is 226 g/mol. The van der Waals surface area contributed by atoms with Crippen molar-refractivity contribution in [1.29, 1.82) is 0 Å². The lowest BCUT2D eigenvalue weighted by molar-refractivity contribution is 0.104. The monoisotopic (exact) mass is 247 g/mol. The minimum atomic E-state index is 0.589. The second-order valence-corrected chi connectivity index (χ2v) is 4.87. The normalized spacial score (nSPS) is 11.3. The van der Waals surface area contributed by atoms with Gasteiger partial charge in [0, 0.05) is 24.7 Å². The highest BCUT2D eigenvalue weighted by Gasteiger charge is 2.05. The first-order chi connectivity index (χ1) is 8.72. The molecule has 3 nitrogen and oxygen atoms in total. The van der Waals surface area contributed by atoms with Crippen LogP contribution in [0.4, 0.5) is 0 Å². The van der Waals surface area contributed by atoms with Crippen LogP contribution in [0.5, 0.6) is 5.75 Å². The Morgan fingerprint density at radius 3 is 2.78 bits per heavy atom. The first kappa shape index (κ1) is 13.0. The minimum absolute atomic E-state index is 0.589. The molecule has 0 unspecified atom stereocenters. The Hall–Kier alpha value is -1.48. The van der Waals surface area contributed by atoms with Crippen molar-refractivity contribution in [2.75, 3.05) is 20.3 Å². The number of ether oxygens (including phenoxy) is 2. The molecule has 0 fully saturated rings. The van der Waals surface area contributed by atoms with E-state index in [4.69, 9.17) is 9.47 Å². The van der Waals surface area contributed by atoms with Crippen molar-refractivity contribution in [1.82, 2.24) is 4.57 Å². The Bertz CT molecular complexity index is 502. The smallest absolute Gasteiger partial charge is 0.128 e. The summed E-state index contributed by atoms with van der Waals surface area (Å²) in [6, 6.07) is 8.21. The molecule has 0 spiro atoms. The number of rotatable bonds is 6. The molecule has 3 heteroatoms. The van der Waals surface area contributed by atoms with Crippen LogP contribution < -0.4 is 4.74 Å². The fraction of sp³-hybridized carbons (Fsp3) is 0.467. The predicted molar refractivity (Wildman–Crippen MR) is 74.1 cm³/mol. The number of hydrogen-bond acceptors (Lipinski definition) is 2. The number of methoxy groups -OCH3 is 1. The Morgan fingerprint density at radius 1 is 1.22 bits per heavy atom. The van der Waals surface area contributed by atoms with E-state index in [2.05, 4.69) is 36.7 Å². The Kier molecular flexibility index (Phi) is 4.26. The summed E-state index contributed by atoms with van der Waals surface area (Å²) in [5.41, 5.74) is 1.20. The fourth-order valence-corrected chi connectivity index (χ4v) is 2.05. The van der Waals surface area contributed by atoms with E-state index < -0.39 is 0 Å². The first-order valence-corrected chi connectivity index (χ1v) is 6.42. The van der Waals surface area contributed by atoms with Gasteiger partial charge in [0.1, 0.15) is 5.75 Å². The summed E-state index contributed by atoms with van der Waals surface area (Å²) in [6.07, 6.45) is 2.09. The number of hydrogen-bond donors (Lipinski definition) is 0. The highest BCUT2D eigenvalue weighted by Crippen LogP contribution is 2.26. The van der Waals surface area contributed by atoms with Gasteiger partial charge in [-0.05, 0) is 24.1 Å². The van der Waals surface area contributed by atoms with Gasteiger partial charge in [-0.1, -0.05) is 19.9 Å². The van der Waals surface area contributed by atoms with E-state index in [9.17, 15) is 0 Å². The molecule has 2 rings (SSSR count). The van der Waals surface area contributed by atoms with Gasteiger partial charge in [-0.2, -0.15) is 0 Å². The summed E-state index contributed by atoms with van der Waals surface area (Å²) in [5, 5.41) is 1.16. The van der Waals surface area contributed by atoms with Crippen molar-refractivity contribution < 1.29 is 9.47 Å². The zero-order chi connectivity index (χ0) is 13.0. The quantitative estimate of drug-likeness (QED) is 0.731. The van der Waals surface area contributed by atoms with Crippen molar-refractivity contribution in [2.24, 2.45) is 5.92 Å². The summed E-state index contributed by atoms with van der Waals surface area (Å²) in [6.45, 7) is 6.77. The molecule has 1 aromatic heterocycles. The lowest BCUT2D eigenvalue weighted by Crippen LogP contribution is -2.08. The summed E-state index contributed by atoms with van der Waals surface area (Å²) < 4.78 is 13.2. The van der Waals surface area contributed by atoms with Gasteiger partial charge in [-0.25, -0.2) is 0 Å². The second-order valence-electron chi connectivity index (χ2n) is 4.87. The van der Waals surface area contributed by atoms with E-state index in [1.165, 1.54) is 5.52 Å². The third-order valence-electron chi connectivity index (χ3n) is 2.92. The molecular formula is C15H21NO2. The molecule has 0 saturated heterocycles. The van der Waals surface area contributed by atoms with Crippen molar-refractivity contribution >= 4 is 10.9 Å². The van der Waals surface area contributed by atoms with E-state index >= 15 is 0 Å². The molecule has 18 heavy (non-hydrogen) atoms. The molecule has 1 heterocycles. The van der Waals surface area contributed by atoms with E-state index in [0.717, 1.165) is 30.9 Å². The van der Waals surface area contributed by atoms with Gasteiger partial charge in [-0.3, -0.25) is 0 Å². The zero-order valence-corrected chi connectivity index (χ0v) is 11.3. The van der Waals surface area contributed by atoms with Gasteiger partial charge >= 0.3 is 0 Å². The SMILES string of the molecule is COc1cccc2c1ccn2CCOCC(C)C. The summed E-state index contributed by atoms with van der Waals surface area (Å²) >= 11 is 0. The van der Waals surface area contributed by atoms with Gasteiger partial charge < -0.3 is 14.0 Å². The van der Waals surface area contributed by atoms with Gasteiger partial charge in [-0.15, -0.1) is 0 Å². The Morgan fingerprint density at radius 2 is 2.06 bits per heavy atom. The average Bonchev–Trinajstić information content (AvgIpc) is 2.77. The Balaban J connectivity index is 2.05. The molecule has 0 radical (unpaired) electrons. The van der Waals surface area contributed by atoms with Crippen LogP contribution in [0.15, 0.2) is 30.5 Å². The largest absolute Gasteiger partial charge is 0.496 e. The lowest BCUT2D eigenvalue weighted by Gasteiger charge is -2.09. The summed E-state index contributed by atoms with van der Waals surface area (Å²) in [7, 11) is 1.71. The van der Waals surface area contributed by atoms with Gasteiger partial charge in [0.05, 0.1) is 19.2 Å². The molecule has 0 atom stereocenters. The number of fused-ring (bicyclic) bond motifs is 1. The molecule has 2 aromatic rings. The molecule has 0 aliphatic carbocycles. The lowest BCUT2D eigenvalue weighted by atomic mass is 10.2. The maximum atomic E-state index is 5.62. The molecule has 0 aliphatic heterocycles. The highest BCUT2D eigenvalue weighted by molar-refractivity contribution is 5.86. The number of benzene rings is 1. The van der Waals surface area contributed by atoms with Crippen LogP contribution in [-0.4, -0.2) is 24.9 Å². The standard InChI is InChI=1S/C15H21NO2/c1-12(2)11-18-10-9-16-8-7-13-14(16)5-4-6-15(13)17-3/h4-8,12H,9-11H2,1-3H3. The third-order valence-corrected chi connectivity index (χ3v) is 2.92. The summed E-state index contributed by atoms with van der Waals surface area (Å²) in [4.78, 5) is 0. The fourth-order valence-electron chi connectivity index (χ4n) is 2.05. The zero-order valence-electron chi connectivity index (χ0n) is 11.3. The predicted octanol–water partition coefficient (Wildman–Crippen LogP) is 3.32. The minimum Gasteiger partial charge on any atom is -0.496 e. The van der Waals surface area contributed by atoms with Crippen LogP contribution in [0.25, 0.3) is 10.9 Å². The topological polar surface area (TPSA) is 23.4 Å². The molecule has 0 saturated carbocycles. The third kappa shape index (κ3) is 2.85. The molecule has 0 amide bonds. The van der Waals surface area contributed by atoms with E-state index in [1.807, 2.05) is 12.1 Å².